The Labute approximate surface area is 127 Å². The van der Waals surface area contributed by atoms with E-state index in [1.54, 1.807) is 0 Å². The van der Waals surface area contributed by atoms with Crippen LogP contribution in [0.4, 0.5) is 4.79 Å². The number of rotatable bonds is 5. The number of primary amides is 1. The summed E-state index contributed by atoms with van der Waals surface area (Å²) in [4.78, 5) is 21.7. The van der Waals surface area contributed by atoms with Gasteiger partial charge in [0.25, 0.3) is 5.91 Å². The molecule has 0 saturated carbocycles. The summed E-state index contributed by atoms with van der Waals surface area (Å²) in [5.74, 6) is -0.120. The average Bonchev–Trinajstić information content (AvgIpc) is 2.27. The van der Waals surface area contributed by atoms with E-state index in [-0.39, 0.29) is 6.61 Å². The van der Waals surface area contributed by atoms with Crippen LogP contribution in [0, 0.1) is 0 Å². The summed E-state index contributed by atoms with van der Waals surface area (Å²) >= 11 is 6.73. The summed E-state index contributed by atoms with van der Waals surface area (Å²) in [6.07, 6.45) is 0. The molecular formula is C11H13Br2N3O3. The first-order valence-electron chi connectivity index (χ1n) is 5.28. The van der Waals surface area contributed by atoms with Crippen molar-refractivity contribution in [1.29, 1.82) is 0 Å². The van der Waals surface area contributed by atoms with Gasteiger partial charge in [0.1, 0.15) is 5.75 Å². The minimum atomic E-state index is -0.906. The molecule has 3 amide bonds. The van der Waals surface area contributed by atoms with Crippen molar-refractivity contribution in [2.45, 2.75) is 6.54 Å². The highest BCUT2D eigenvalue weighted by Crippen LogP contribution is 2.34. The lowest BCUT2D eigenvalue weighted by atomic mass is 10.2. The predicted molar refractivity (Wildman–Crippen MR) is 77.8 cm³/mol. The summed E-state index contributed by atoms with van der Waals surface area (Å²) in [5.41, 5.74) is 5.87. The minimum Gasteiger partial charge on any atom is -0.481 e. The molecule has 0 spiro atoms. The smallest absolute Gasteiger partial charge is 0.318 e. The van der Waals surface area contributed by atoms with Gasteiger partial charge < -0.3 is 15.8 Å². The molecule has 0 saturated heterocycles. The topological polar surface area (TPSA) is 93.4 Å². The third-order valence-corrected chi connectivity index (χ3v) is 3.23. The molecule has 104 valence electrons. The molecular weight excluding hydrogens is 382 g/mol. The zero-order valence-corrected chi connectivity index (χ0v) is 13.3. The standard InChI is InChI=1S/C11H13Br2N3O3/c1-15-4-6-2-7(12)10(8(13)3-6)19-5-9(17)16-11(14)18/h2-3,15H,4-5H2,1H3,(H3,14,16,17,18). The molecule has 0 aliphatic carbocycles. The number of nitrogens with two attached hydrogens (primary N) is 1. The van der Waals surface area contributed by atoms with Crippen molar-refractivity contribution >= 4 is 43.8 Å². The normalized spacial score (nSPS) is 10.1. The Bertz CT molecular complexity index is 471. The molecule has 1 aromatic rings. The third kappa shape index (κ3) is 5.17. The maximum absolute atomic E-state index is 11.2. The van der Waals surface area contributed by atoms with Gasteiger partial charge in [-0.1, -0.05) is 0 Å². The Morgan fingerprint density at radius 1 is 1.32 bits per heavy atom. The SMILES string of the molecule is CNCc1cc(Br)c(OCC(=O)NC(N)=O)c(Br)c1. The molecule has 1 rings (SSSR count). The van der Waals surface area contributed by atoms with Crippen LogP contribution in [-0.4, -0.2) is 25.6 Å². The van der Waals surface area contributed by atoms with Crippen LogP contribution in [0.1, 0.15) is 5.56 Å². The van der Waals surface area contributed by atoms with E-state index in [9.17, 15) is 9.59 Å². The number of ether oxygens (including phenoxy) is 1. The molecule has 0 heterocycles. The van der Waals surface area contributed by atoms with Crippen LogP contribution in [0.3, 0.4) is 0 Å². The molecule has 6 nitrogen and oxygen atoms in total. The first-order chi connectivity index (χ1) is 8.93. The van der Waals surface area contributed by atoms with Crippen LogP contribution in [0.5, 0.6) is 5.75 Å². The van der Waals surface area contributed by atoms with Crippen LogP contribution in [0.15, 0.2) is 21.1 Å². The molecule has 0 bridgehead atoms. The van der Waals surface area contributed by atoms with Gasteiger partial charge in [0.15, 0.2) is 6.61 Å². The fraction of sp³-hybridized carbons (Fsp3) is 0.273. The van der Waals surface area contributed by atoms with E-state index in [1.165, 1.54) is 0 Å². The highest BCUT2D eigenvalue weighted by molar-refractivity contribution is 9.11. The van der Waals surface area contributed by atoms with Crippen molar-refractivity contribution in [2.24, 2.45) is 5.73 Å². The van der Waals surface area contributed by atoms with E-state index in [4.69, 9.17) is 10.5 Å². The molecule has 0 radical (unpaired) electrons. The number of carbonyl (C=O) groups excluding carboxylic acids is 2. The number of nitrogens with one attached hydrogen (secondary N) is 2. The average molecular weight is 395 g/mol. The highest BCUT2D eigenvalue weighted by Gasteiger charge is 2.11. The molecule has 4 N–H and O–H groups in total. The fourth-order valence-electron chi connectivity index (χ4n) is 1.37. The number of amides is 3. The van der Waals surface area contributed by atoms with Gasteiger partial charge in [-0.05, 0) is 56.6 Å². The van der Waals surface area contributed by atoms with Gasteiger partial charge in [-0.15, -0.1) is 0 Å². The number of hydrogen-bond donors (Lipinski definition) is 3. The summed E-state index contributed by atoms with van der Waals surface area (Å²) in [7, 11) is 1.85. The van der Waals surface area contributed by atoms with Crippen LogP contribution < -0.4 is 21.1 Å². The first kappa shape index (κ1) is 15.9. The number of hydrogen-bond acceptors (Lipinski definition) is 4. The van der Waals surface area contributed by atoms with Gasteiger partial charge in [-0.3, -0.25) is 10.1 Å². The predicted octanol–water partition coefficient (Wildman–Crippen LogP) is 1.50. The Hall–Kier alpha value is -1.12. The summed E-state index contributed by atoms with van der Waals surface area (Å²) in [5, 5.41) is 4.95. The second kappa shape index (κ2) is 7.46. The maximum Gasteiger partial charge on any atom is 0.318 e. The fourth-order valence-corrected chi connectivity index (χ4v) is 2.88. The highest BCUT2D eigenvalue weighted by atomic mass is 79.9. The van der Waals surface area contributed by atoms with Gasteiger partial charge in [-0.25, -0.2) is 4.79 Å². The molecule has 0 fully saturated rings. The molecule has 0 aliphatic rings. The lowest BCUT2D eigenvalue weighted by Gasteiger charge is -2.11. The quantitative estimate of drug-likeness (QED) is 0.705. The van der Waals surface area contributed by atoms with Crippen molar-refractivity contribution in [2.75, 3.05) is 13.7 Å². The third-order valence-electron chi connectivity index (χ3n) is 2.05. The van der Waals surface area contributed by atoms with Crippen molar-refractivity contribution in [3.63, 3.8) is 0 Å². The van der Waals surface area contributed by atoms with Crippen molar-refractivity contribution in [1.82, 2.24) is 10.6 Å². The molecule has 19 heavy (non-hydrogen) atoms. The van der Waals surface area contributed by atoms with E-state index in [1.807, 2.05) is 24.5 Å². The maximum atomic E-state index is 11.2. The molecule has 1 aromatic carbocycles. The largest absolute Gasteiger partial charge is 0.481 e. The second-order valence-corrected chi connectivity index (χ2v) is 5.33. The Morgan fingerprint density at radius 2 is 1.89 bits per heavy atom. The molecule has 0 aliphatic heterocycles. The van der Waals surface area contributed by atoms with Gasteiger partial charge in [0.05, 0.1) is 8.95 Å². The lowest BCUT2D eigenvalue weighted by molar-refractivity contribution is -0.121. The van der Waals surface area contributed by atoms with Gasteiger partial charge in [-0.2, -0.15) is 0 Å². The van der Waals surface area contributed by atoms with E-state index < -0.39 is 11.9 Å². The van der Waals surface area contributed by atoms with E-state index >= 15 is 0 Å². The monoisotopic (exact) mass is 393 g/mol. The molecule has 0 aromatic heterocycles. The second-order valence-electron chi connectivity index (χ2n) is 3.62. The lowest BCUT2D eigenvalue weighted by Crippen LogP contribution is -2.38. The number of halogens is 2. The van der Waals surface area contributed by atoms with Gasteiger partial charge in [0.2, 0.25) is 0 Å². The Balaban J connectivity index is 2.73. The number of imide groups is 1. The number of urea groups is 1. The molecule has 8 heteroatoms. The van der Waals surface area contributed by atoms with Crippen LogP contribution in [0.2, 0.25) is 0 Å². The van der Waals surface area contributed by atoms with Crippen molar-refractivity contribution < 1.29 is 14.3 Å². The summed E-state index contributed by atoms with van der Waals surface area (Å²) in [6, 6.07) is 2.85. The van der Waals surface area contributed by atoms with Gasteiger partial charge >= 0.3 is 6.03 Å². The van der Waals surface area contributed by atoms with Crippen LogP contribution in [-0.2, 0) is 11.3 Å². The zero-order chi connectivity index (χ0) is 14.4. The van der Waals surface area contributed by atoms with Gasteiger partial charge in [0, 0.05) is 6.54 Å². The van der Waals surface area contributed by atoms with Crippen LogP contribution in [0.25, 0.3) is 0 Å². The zero-order valence-electron chi connectivity index (χ0n) is 10.1. The Kier molecular flexibility index (Phi) is 6.26. The summed E-state index contributed by atoms with van der Waals surface area (Å²) in [6.45, 7) is 0.408. The van der Waals surface area contributed by atoms with E-state index in [0.717, 1.165) is 5.56 Å². The van der Waals surface area contributed by atoms with Crippen molar-refractivity contribution in [3.05, 3.63) is 26.6 Å². The number of benzene rings is 1. The Morgan fingerprint density at radius 3 is 2.37 bits per heavy atom. The minimum absolute atomic E-state index is 0.300. The molecule has 0 unspecified atom stereocenters. The molecule has 0 atom stereocenters. The number of carbonyl (C=O) groups is 2. The van der Waals surface area contributed by atoms with Crippen molar-refractivity contribution in [3.8, 4) is 5.75 Å². The van der Waals surface area contributed by atoms with Crippen LogP contribution >= 0.6 is 31.9 Å². The van der Waals surface area contributed by atoms with E-state index in [2.05, 4.69) is 37.2 Å². The van der Waals surface area contributed by atoms with E-state index in [0.29, 0.717) is 21.2 Å². The summed E-state index contributed by atoms with van der Waals surface area (Å²) < 4.78 is 6.74. The first-order valence-corrected chi connectivity index (χ1v) is 6.87.